The summed E-state index contributed by atoms with van der Waals surface area (Å²) >= 11 is 0. The van der Waals surface area contributed by atoms with Gasteiger partial charge in [0.2, 0.25) is 5.91 Å². The van der Waals surface area contributed by atoms with Crippen LogP contribution in [0.25, 0.3) is 0 Å². The second kappa shape index (κ2) is 5.90. The van der Waals surface area contributed by atoms with Crippen molar-refractivity contribution in [3.8, 4) is 0 Å². The van der Waals surface area contributed by atoms with Gasteiger partial charge in [-0.15, -0.1) is 0 Å². The van der Waals surface area contributed by atoms with Crippen LogP contribution in [0.1, 0.15) is 36.9 Å². The van der Waals surface area contributed by atoms with Crippen LogP contribution >= 0.6 is 0 Å². The van der Waals surface area contributed by atoms with Gasteiger partial charge in [-0.25, -0.2) is 0 Å². The van der Waals surface area contributed by atoms with Crippen molar-refractivity contribution in [2.75, 3.05) is 0 Å². The lowest BCUT2D eigenvalue weighted by atomic mass is 9.83. The Morgan fingerprint density at radius 2 is 2.25 bits per heavy atom. The molecule has 1 fully saturated rings. The van der Waals surface area contributed by atoms with Crippen molar-refractivity contribution in [1.82, 2.24) is 10.3 Å². The van der Waals surface area contributed by atoms with Crippen LogP contribution in [0.3, 0.4) is 0 Å². The predicted octanol–water partition coefficient (Wildman–Crippen LogP) is 1.31. The molecule has 1 saturated carbocycles. The fraction of sp³-hybridized carbons (Fsp3) is 0.500. The van der Waals surface area contributed by atoms with Gasteiger partial charge in [-0.2, -0.15) is 0 Å². The number of aromatic nitrogens is 1. The van der Waals surface area contributed by atoms with Crippen LogP contribution in [0, 0.1) is 12.3 Å². The Morgan fingerprint density at radius 1 is 1.55 bits per heavy atom. The molecule has 0 saturated heterocycles. The fourth-order valence-corrected chi connectivity index (χ4v) is 2.71. The molecule has 4 N–H and O–H groups in total. The smallest absolute Gasteiger partial charge is 0.234 e. The molecular weight excluding hydrogens is 256 g/mol. The lowest BCUT2D eigenvalue weighted by Gasteiger charge is -2.26. The largest absolute Gasteiger partial charge is 0.409 e. The van der Waals surface area contributed by atoms with Gasteiger partial charge in [0.25, 0.3) is 0 Å². The number of hydrogen-bond donors (Lipinski definition) is 3. The Bertz CT molecular complexity index is 522. The first-order chi connectivity index (χ1) is 9.60. The number of aryl methyl sites for hydroxylation is 1. The second-order valence-corrected chi connectivity index (χ2v) is 5.22. The van der Waals surface area contributed by atoms with Crippen LogP contribution in [0.4, 0.5) is 0 Å². The minimum atomic E-state index is -0.864. The second-order valence-electron chi connectivity index (χ2n) is 5.22. The Balaban J connectivity index is 2.09. The molecule has 0 spiro atoms. The third-order valence-corrected chi connectivity index (χ3v) is 4.02. The number of amidine groups is 1. The van der Waals surface area contributed by atoms with Gasteiger partial charge >= 0.3 is 0 Å². The molecule has 1 aromatic heterocycles. The highest BCUT2D eigenvalue weighted by molar-refractivity contribution is 6.07. The third kappa shape index (κ3) is 2.59. The van der Waals surface area contributed by atoms with E-state index in [2.05, 4.69) is 15.5 Å². The van der Waals surface area contributed by atoms with Crippen molar-refractivity contribution < 1.29 is 10.0 Å². The molecule has 0 aliphatic heterocycles. The van der Waals surface area contributed by atoms with E-state index < -0.39 is 5.41 Å². The molecule has 2 rings (SSSR count). The van der Waals surface area contributed by atoms with E-state index in [9.17, 15) is 4.79 Å². The zero-order valence-electron chi connectivity index (χ0n) is 11.6. The number of hydrogen-bond acceptors (Lipinski definition) is 4. The van der Waals surface area contributed by atoms with E-state index in [1.807, 2.05) is 19.1 Å². The molecule has 1 aliphatic carbocycles. The van der Waals surface area contributed by atoms with Gasteiger partial charge in [-0.3, -0.25) is 9.78 Å². The molecule has 0 aromatic carbocycles. The summed E-state index contributed by atoms with van der Waals surface area (Å²) in [5.74, 6) is -0.180. The highest BCUT2D eigenvalue weighted by Gasteiger charge is 2.45. The summed E-state index contributed by atoms with van der Waals surface area (Å²) in [4.78, 5) is 16.7. The van der Waals surface area contributed by atoms with Gasteiger partial charge in [0.1, 0.15) is 5.41 Å². The van der Waals surface area contributed by atoms with E-state index in [-0.39, 0.29) is 11.7 Å². The molecule has 1 heterocycles. The predicted molar refractivity (Wildman–Crippen MR) is 75.1 cm³/mol. The van der Waals surface area contributed by atoms with Crippen LogP contribution < -0.4 is 11.1 Å². The first kappa shape index (κ1) is 14.3. The highest BCUT2D eigenvalue weighted by atomic mass is 16.4. The molecule has 1 aromatic rings. The standard InChI is InChI=1S/C14H20N4O2/c1-10-5-4-8-16-11(10)9-17-13(19)14(12(15)18-20)6-2-3-7-14/h4-5,8,20H,2-3,6-7,9H2,1H3,(H2,15,18)(H,17,19). The molecule has 0 bridgehead atoms. The minimum absolute atomic E-state index is 0.00485. The van der Waals surface area contributed by atoms with Crippen molar-refractivity contribution in [3.63, 3.8) is 0 Å². The number of rotatable bonds is 4. The summed E-state index contributed by atoms with van der Waals surface area (Å²) < 4.78 is 0. The molecule has 6 nitrogen and oxygen atoms in total. The Hall–Kier alpha value is -2.11. The maximum atomic E-state index is 12.4. The summed E-state index contributed by atoms with van der Waals surface area (Å²) in [6, 6.07) is 3.80. The Morgan fingerprint density at radius 3 is 2.85 bits per heavy atom. The maximum absolute atomic E-state index is 12.4. The molecule has 0 unspecified atom stereocenters. The van der Waals surface area contributed by atoms with Crippen molar-refractivity contribution in [3.05, 3.63) is 29.6 Å². The van der Waals surface area contributed by atoms with Crippen molar-refractivity contribution in [2.45, 2.75) is 39.2 Å². The van der Waals surface area contributed by atoms with E-state index in [0.29, 0.717) is 19.4 Å². The van der Waals surface area contributed by atoms with E-state index in [1.54, 1.807) is 6.20 Å². The summed E-state index contributed by atoms with van der Waals surface area (Å²) in [6.45, 7) is 2.30. The van der Waals surface area contributed by atoms with Crippen molar-refractivity contribution >= 4 is 11.7 Å². The summed E-state index contributed by atoms with van der Waals surface area (Å²) in [5.41, 5.74) is 6.73. The van der Waals surface area contributed by atoms with E-state index >= 15 is 0 Å². The van der Waals surface area contributed by atoms with Crippen molar-refractivity contribution in [1.29, 1.82) is 0 Å². The molecule has 20 heavy (non-hydrogen) atoms. The third-order valence-electron chi connectivity index (χ3n) is 4.02. The van der Waals surface area contributed by atoms with Crippen LogP contribution in [0.5, 0.6) is 0 Å². The number of nitrogens with zero attached hydrogens (tertiary/aromatic N) is 2. The molecule has 0 atom stereocenters. The van der Waals surface area contributed by atoms with E-state index in [4.69, 9.17) is 10.9 Å². The number of nitrogens with one attached hydrogen (secondary N) is 1. The normalized spacial score (nSPS) is 17.9. The lowest BCUT2D eigenvalue weighted by molar-refractivity contribution is -0.127. The molecule has 1 aliphatic rings. The Kier molecular flexibility index (Phi) is 4.22. The summed E-state index contributed by atoms with van der Waals surface area (Å²) in [7, 11) is 0. The van der Waals surface area contributed by atoms with Crippen LogP contribution in [0.15, 0.2) is 23.5 Å². The quantitative estimate of drug-likeness (QED) is 0.334. The number of carbonyl (C=O) groups is 1. The monoisotopic (exact) mass is 276 g/mol. The average Bonchev–Trinajstić information content (AvgIpc) is 2.96. The SMILES string of the molecule is Cc1cccnc1CNC(=O)C1(C(N)=NO)CCCC1. The van der Waals surface area contributed by atoms with Gasteiger partial charge in [-0.05, 0) is 31.4 Å². The van der Waals surface area contributed by atoms with Crippen LogP contribution in [-0.4, -0.2) is 21.9 Å². The first-order valence-corrected chi connectivity index (χ1v) is 6.77. The number of pyridine rings is 1. The van der Waals surface area contributed by atoms with Gasteiger partial charge < -0.3 is 16.3 Å². The van der Waals surface area contributed by atoms with Gasteiger partial charge in [0.15, 0.2) is 5.84 Å². The Labute approximate surface area is 118 Å². The molecule has 6 heteroatoms. The van der Waals surface area contributed by atoms with E-state index in [0.717, 1.165) is 24.1 Å². The molecule has 1 amide bonds. The number of oxime groups is 1. The summed E-state index contributed by atoms with van der Waals surface area (Å²) in [5, 5.41) is 14.8. The number of amides is 1. The molecule has 108 valence electrons. The van der Waals surface area contributed by atoms with Gasteiger partial charge in [-0.1, -0.05) is 24.1 Å². The topological polar surface area (TPSA) is 101 Å². The molecular formula is C14H20N4O2. The van der Waals surface area contributed by atoms with Crippen LogP contribution in [-0.2, 0) is 11.3 Å². The zero-order chi connectivity index (χ0) is 14.6. The van der Waals surface area contributed by atoms with Gasteiger partial charge in [0.05, 0.1) is 12.2 Å². The fourth-order valence-electron chi connectivity index (χ4n) is 2.71. The van der Waals surface area contributed by atoms with Crippen LogP contribution in [0.2, 0.25) is 0 Å². The number of nitrogens with two attached hydrogens (primary N) is 1. The minimum Gasteiger partial charge on any atom is -0.409 e. The van der Waals surface area contributed by atoms with Crippen molar-refractivity contribution in [2.24, 2.45) is 16.3 Å². The van der Waals surface area contributed by atoms with Gasteiger partial charge in [0, 0.05) is 6.20 Å². The van der Waals surface area contributed by atoms with E-state index in [1.165, 1.54) is 0 Å². The average molecular weight is 276 g/mol. The number of carbonyl (C=O) groups excluding carboxylic acids is 1. The first-order valence-electron chi connectivity index (χ1n) is 6.77. The summed E-state index contributed by atoms with van der Waals surface area (Å²) in [6.07, 6.45) is 4.76. The lowest BCUT2D eigenvalue weighted by Crippen LogP contribution is -2.48. The zero-order valence-corrected chi connectivity index (χ0v) is 11.6. The molecule has 0 radical (unpaired) electrons. The highest BCUT2D eigenvalue weighted by Crippen LogP contribution is 2.38. The maximum Gasteiger partial charge on any atom is 0.234 e.